The fourth-order valence-corrected chi connectivity index (χ4v) is 4.92. The van der Waals surface area contributed by atoms with E-state index in [0.29, 0.717) is 10.7 Å². The molecule has 0 aromatic heterocycles. The Labute approximate surface area is 190 Å². The monoisotopic (exact) mass is 482 g/mol. The number of hydrogen-bond acceptors (Lipinski definition) is 3. The van der Waals surface area contributed by atoms with Crippen molar-refractivity contribution in [3.05, 3.63) is 93.4 Å². The second-order valence-corrected chi connectivity index (χ2v) is 9.40. The number of rotatable bonds is 7. The zero-order valence-corrected chi connectivity index (χ0v) is 18.6. The first kappa shape index (κ1) is 22.6. The number of carbonyl (C=O) groups excluding carboxylic acids is 1. The molecule has 0 aliphatic heterocycles. The van der Waals surface area contributed by atoms with E-state index in [1.54, 1.807) is 36.4 Å². The van der Waals surface area contributed by atoms with Crippen LogP contribution < -0.4 is 10.0 Å². The molecule has 0 heterocycles. The van der Waals surface area contributed by atoms with Crippen LogP contribution in [0.25, 0.3) is 0 Å². The Balaban J connectivity index is 1.90. The van der Waals surface area contributed by atoms with Gasteiger partial charge in [-0.25, -0.2) is 8.42 Å². The van der Waals surface area contributed by atoms with Crippen molar-refractivity contribution >= 4 is 56.4 Å². The van der Waals surface area contributed by atoms with Crippen LogP contribution in [0.5, 0.6) is 0 Å². The van der Waals surface area contributed by atoms with Gasteiger partial charge < -0.3 is 5.32 Å². The van der Waals surface area contributed by atoms with Gasteiger partial charge in [0.2, 0.25) is 15.9 Å². The molecule has 3 rings (SSSR count). The van der Waals surface area contributed by atoms with Crippen molar-refractivity contribution in [1.29, 1.82) is 0 Å². The standard InChI is InChI=1S/C21H17Cl3N2O3S/c22-15-7-4-8-17(12-15)25-21(27)19(11-14-5-2-1-3-6-14)26-30(28,29)20-13-16(23)9-10-18(20)24/h1-10,12-13,19,26H,11H2,(H,25,27)/t19-/m0/s1. The fourth-order valence-electron chi connectivity index (χ4n) is 2.77. The molecule has 0 spiro atoms. The van der Waals surface area contributed by atoms with Gasteiger partial charge in [-0.2, -0.15) is 4.72 Å². The van der Waals surface area contributed by atoms with Crippen LogP contribution in [0.4, 0.5) is 5.69 Å². The minimum atomic E-state index is -4.13. The SMILES string of the molecule is O=C(Nc1cccc(Cl)c1)[C@H](Cc1ccccc1)NS(=O)(=O)c1cc(Cl)ccc1Cl. The predicted molar refractivity (Wildman–Crippen MR) is 121 cm³/mol. The first-order chi connectivity index (χ1) is 14.2. The van der Waals surface area contributed by atoms with E-state index in [1.807, 2.05) is 18.2 Å². The lowest BCUT2D eigenvalue weighted by atomic mass is 10.1. The summed E-state index contributed by atoms with van der Waals surface area (Å²) in [5.74, 6) is -0.539. The molecule has 0 saturated carbocycles. The Kier molecular flexibility index (Phi) is 7.39. The molecule has 1 amide bonds. The molecule has 0 unspecified atom stereocenters. The van der Waals surface area contributed by atoms with E-state index in [9.17, 15) is 13.2 Å². The van der Waals surface area contributed by atoms with Gasteiger partial charge >= 0.3 is 0 Å². The molecule has 0 aliphatic rings. The summed E-state index contributed by atoms with van der Waals surface area (Å²) in [5.41, 5.74) is 1.23. The quantitative estimate of drug-likeness (QED) is 0.486. The highest BCUT2D eigenvalue weighted by molar-refractivity contribution is 7.89. The molecule has 9 heteroatoms. The third kappa shape index (κ3) is 5.97. The second-order valence-electron chi connectivity index (χ2n) is 6.44. The number of benzene rings is 3. The number of anilines is 1. The van der Waals surface area contributed by atoms with Crippen molar-refractivity contribution in [3.63, 3.8) is 0 Å². The summed E-state index contributed by atoms with van der Waals surface area (Å²) in [6.45, 7) is 0. The first-order valence-electron chi connectivity index (χ1n) is 8.82. The summed E-state index contributed by atoms with van der Waals surface area (Å²) in [6.07, 6.45) is 0.130. The van der Waals surface area contributed by atoms with Gasteiger partial charge in [0.1, 0.15) is 10.9 Å². The zero-order chi connectivity index (χ0) is 21.7. The van der Waals surface area contributed by atoms with Gasteiger partial charge in [-0.05, 0) is 48.4 Å². The largest absolute Gasteiger partial charge is 0.325 e. The Bertz CT molecular complexity index is 1160. The van der Waals surface area contributed by atoms with Crippen LogP contribution in [0.15, 0.2) is 77.7 Å². The topological polar surface area (TPSA) is 75.3 Å². The van der Waals surface area contributed by atoms with E-state index < -0.39 is 22.0 Å². The first-order valence-corrected chi connectivity index (χ1v) is 11.4. The van der Waals surface area contributed by atoms with Crippen molar-refractivity contribution in [2.75, 3.05) is 5.32 Å². The highest BCUT2D eigenvalue weighted by Gasteiger charge is 2.28. The summed E-state index contributed by atoms with van der Waals surface area (Å²) < 4.78 is 28.4. The number of hydrogen-bond donors (Lipinski definition) is 2. The maximum atomic E-state index is 13.0. The van der Waals surface area contributed by atoms with Gasteiger partial charge in [0.15, 0.2) is 0 Å². The van der Waals surface area contributed by atoms with E-state index in [2.05, 4.69) is 10.0 Å². The zero-order valence-electron chi connectivity index (χ0n) is 15.5. The van der Waals surface area contributed by atoms with Gasteiger partial charge in [0, 0.05) is 15.7 Å². The van der Waals surface area contributed by atoms with E-state index in [-0.39, 0.29) is 21.4 Å². The molecule has 3 aromatic carbocycles. The van der Waals surface area contributed by atoms with Gasteiger partial charge in [0.05, 0.1) is 5.02 Å². The van der Waals surface area contributed by atoms with Crippen LogP contribution in [0, 0.1) is 0 Å². The average molecular weight is 484 g/mol. The lowest BCUT2D eigenvalue weighted by molar-refractivity contribution is -0.117. The molecule has 0 fully saturated rings. The second kappa shape index (κ2) is 9.81. The Hall–Kier alpha value is -2.09. The lowest BCUT2D eigenvalue weighted by Gasteiger charge is -2.19. The fraction of sp³-hybridized carbons (Fsp3) is 0.0952. The molecule has 0 bridgehead atoms. The molecule has 0 saturated heterocycles. The average Bonchev–Trinajstić information content (AvgIpc) is 2.70. The van der Waals surface area contributed by atoms with Crippen molar-refractivity contribution in [1.82, 2.24) is 4.72 Å². The minimum absolute atomic E-state index is 0.000565. The van der Waals surface area contributed by atoms with Gasteiger partial charge in [0.25, 0.3) is 0 Å². The number of carbonyl (C=O) groups is 1. The smallest absolute Gasteiger partial charge is 0.242 e. The number of halogens is 3. The Morgan fingerprint density at radius 1 is 0.867 bits per heavy atom. The summed E-state index contributed by atoms with van der Waals surface area (Å²) in [5, 5.41) is 3.35. The normalized spacial score (nSPS) is 12.4. The van der Waals surface area contributed by atoms with Crippen molar-refractivity contribution in [2.45, 2.75) is 17.4 Å². The maximum absolute atomic E-state index is 13.0. The lowest BCUT2D eigenvalue weighted by Crippen LogP contribution is -2.45. The summed E-state index contributed by atoms with van der Waals surface area (Å²) in [6, 6.07) is 18.6. The summed E-state index contributed by atoms with van der Waals surface area (Å²) >= 11 is 18.0. The van der Waals surface area contributed by atoms with Crippen LogP contribution in [0.2, 0.25) is 15.1 Å². The summed E-state index contributed by atoms with van der Waals surface area (Å²) in [4.78, 5) is 12.7. The highest BCUT2D eigenvalue weighted by atomic mass is 35.5. The highest BCUT2D eigenvalue weighted by Crippen LogP contribution is 2.25. The van der Waals surface area contributed by atoms with Crippen LogP contribution in [-0.4, -0.2) is 20.4 Å². The van der Waals surface area contributed by atoms with E-state index in [1.165, 1.54) is 18.2 Å². The molecular formula is C21H17Cl3N2O3S. The number of amides is 1. The Morgan fingerprint density at radius 3 is 2.27 bits per heavy atom. The van der Waals surface area contributed by atoms with E-state index in [4.69, 9.17) is 34.8 Å². The van der Waals surface area contributed by atoms with Crippen LogP contribution in [-0.2, 0) is 21.2 Å². The van der Waals surface area contributed by atoms with Crippen molar-refractivity contribution in [2.24, 2.45) is 0 Å². The molecule has 2 N–H and O–H groups in total. The summed E-state index contributed by atoms with van der Waals surface area (Å²) in [7, 11) is -4.13. The molecule has 156 valence electrons. The van der Waals surface area contributed by atoms with Gasteiger partial charge in [-0.3, -0.25) is 4.79 Å². The Morgan fingerprint density at radius 2 is 1.57 bits per heavy atom. The molecule has 3 aromatic rings. The molecule has 30 heavy (non-hydrogen) atoms. The van der Waals surface area contributed by atoms with Crippen LogP contribution in [0.1, 0.15) is 5.56 Å². The predicted octanol–water partition coefficient (Wildman–Crippen LogP) is 5.18. The van der Waals surface area contributed by atoms with Gasteiger partial charge in [-0.15, -0.1) is 0 Å². The van der Waals surface area contributed by atoms with Crippen molar-refractivity contribution < 1.29 is 13.2 Å². The third-order valence-electron chi connectivity index (χ3n) is 4.17. The molecule has 5 nitrogen and oxygen atoms in total. The number of nitrogens with one attached hydrogen (secondary N) is 2. The minimum Gasteiger partial charge on any atom is -0.325 e. The van der Waals surface area contributed by atoms with Crippen molar-refractivity contribution in [3.8, 4) is 0 Å². The van der Waals surface area contributed by atoms with Crippen LogP contribution in [0.3, 0.4) is 0 Å². The number of sulfonamides is 1. The van der Waals surface area contributed by atoms with Crippen LogP contribution >= 0.6 is 34.8 Å². The van der Waals surface area contributed by atoms with E-state index >= 15 is 0 Å². The molecule has 1 atom stereocenters. The molecule has 0 aliphatic carbocycles. The third-order valence-corrected chi connectivity index (χ3v) is 6.59. The molecule has 0 radical (unpaired) electrons. The van der Waals surface area contributed by atoms with E-state index in [0.717, 1.165) is 5.56 Å². The molecular weight excluding hydrogens is 467 g/mol. The maximum Gasteiger partial charge on any atom is 0.242 e. The van der Waals surface area contributed by atoms with Gasteiger partial charge in [-0.1, -0.05) is 71.2 Å².